The number of aryl methyl sites for hydroxylation is 1. The zero-order valence-corrected chi connectivity index (χ0v) is 23.6. The number of Topliss-reactive ketones (excluding diaryl/α,β-unsaturated/α-hetero) is 1. The molecule has 0 saturated carbocycles. The van der Waals surface area contributed by atoms with Gasteiger partial charge in [0, 0.05) is 5.56 Å². The lowest BCUT2D eigenvalue weighted by atomic mass is 9.85. The predicted molar refractivity (Wildman–Crippen MR) is 154 cm³/mol. The minimum Gasteiger partial charge on any atom is -0.507 e. The molecule has 1 saturated heterocycles. The van der Waals surface area contributed by atoms with Gasteiger partial charge in [-0.1, -0.05) is 56.4 Å². The predicted octanol–water partition coefficient (Wildman–Crippen LogP) is 6.55. The Bertz CT molecular complexity index is 1630. The third kappa shape index (κ3) is 4.65. The zero-order valence-electron chi connectivity index (χ0n) is 22.7. The number of ketones is 1. The molecule has 2 heterocycles. The quantitative estimate of drug-likeness (QED) is 0.175. The molecule has 4 aromatic rings. The maximum absolute atomic E-state index is 13.6. The fourth-order valence-electron chi connectivity index (χ4n) is 4.81. The van der Waals surface area contributed by atoms with Crippen molar-refractivity contribution in [3.8, 4) is 11.5 Å². The Morgan fingerprint density at radius 3 is 2.31 bits per heavy atom. The molecule has 0 unspecified atom stereocenters. The van der Waals surface area contributed by atoms with Gasteiger partial charge < -0.3 is 14.6 Å². The number of amides is 1. The Balaban J connectivity index is 1.71. The molecule has 7 nitrogen and oxygen atoms in total. The second-order valence-electron chi connectivity index (χ2n) is 10.6. The molecule has 1 N–H and O–H groups in total. The number of ether oxygens (including phenoxy) is 2. The number of thiazole rings is 1. The standard InChI is InChI=1S/C31H30N2O5S/c1-17-15-19(9-14-23(17)38-6)27(34)25-26(18-7-10-20(11-8-18)31(2,3)4)33(29(36)28(25)35)30-32-22-13-12-21(37-5)16-24(22)39-30/h7-16,26,34H,1-6H3/b27-25+/t26-/m1/s1. The highest BCUT2D eigenvalue weighted by Crippen LogP contribution is 2.45. The van der Waals surface area contributed by atoms with Crippen LogP contribution in [0.3, 0.4) is 0 Å². The van der Waals surface area contributed by atoms with E-state index in [0.29, 0.717) is 33.3 Å². The molecule has 1 aliphatic heterocycles. The molecule has 1 aromatic heterocycles. The first-order valence-electron chi connectivity index (χ1n) is 12.5. The van der Waals surface area contributed by atoms with Gasteiger partial charge in [-0.3, -0.25) is 14.5 Å². The molecule has 8 heteroatoms. The fourth-order valence-corrected chi connectivity index (χ4v) is 5.84. The lowest BCUT2D eigenvalue weighted by Crippen LogP contribution is -2.29. The normalized spacial score (nSPS) is 17.2. The van der Waals surface area contributed by atoms with Gasteiger partial charge in [0.2, 0.25) is 0 Å². The highest BCUT2D eigenvalue weighted by Gasteiger charge is 2.48. The van der Waals surface area contributed by atoms with E-state index in [1.54, 1.807) is 38.5 Å². The second kappa shape index (κ2) is 9.85. The molecular weight excluding hydrogens is 512 g/mol. The van der Waals surface area contributed by atoms with Crippen molar-refractivity contribution in [3.05, 3.63) is 88.5 Å². The lowest BCUT2D eigenvalue weighted by Gasteiger charge is -2.24. The highest BCUT2D eigenvalue weighted by atomic mass is 32.1. The van der Waals surface area contributed by atoms with Gasteiger partial charge in [-0.15, -0.1) is 0 Å². The molecule has 3 aromatic carbocycles. The number of carbonyl (C=O) groups excluding carboxylic acids is 2. The van der Waals surface area contributed by atoms with Gasteiger partial charge in [-0.05, 0) is 65.4 Å². The number of methoxy groups -OCH3 is 2. The topological polar surface area (TPSA) is 89.0 Å². The smallest absolute Gasteiger partial charge is 0.301 e. The number of carbonyl (C=O) groups is 2. The highest BCUT2D eigenvalue weighted by molar-refractivity contribution is 7.22. The van der Waals surface area contributed by atoms with E-state index < -0.39 is 17.7 Å². The number of benzene rings is 3. The molecule has 1 amide bonds. The number of fused-ring (bicyclic) bond motifs is 1. The summed E-state index contributed by atoms with van der Waals surface area (Å²) >= 11 is 1.29. The second-order valence-corrected chi connectivity index (χ2v) is 11.6. The third-order valence-corrected chi connectivity index (χ3v) is 8.01. The SMILES string of the molecule is COc1ccc2nc(N3C(=O)C(=O)/C(=C(/O)c4ccc(OC)c(C)c4)[C@H]3c3ccc(C(C)(C)C)cc3)sc2c1. The van der Waals surface area contributed by atoms with E-state index in [0.717, 1.165) is 15.8 Å². The van der Waals surface area contributed by atoms with E-state index in [4.69, 9.17) is 9.47 Å². The van der Waals surface area contributed by atoms with Crippen LogP contribution in [0.25, 0.3) is 16.0 Å². The Kier molecular flexibility index (Phi) is 6.68. The summed E-state index contributed by atoms with van der Waals surface area (Å²) in [7, 11) is 3.16. The van der Waals surface area contributed by atoms with E-state index in [2.05, 4.69) is 25.8 Å². The minimum atomic E-state index is -0.858. The Labute approximate surface area is 231 Å². The number of rotatable bonds is 5. The maximum atomic E-state index is 13.6. The average Bonchev–Trinajstić information content (AvgIpc) is 3.45. The molecule has 39 heavy (non-hydrogen) atoms. The number of hydrogen-bond donors (Lipinski definition) is 1. The minimum absolute atomic E-state index is 0.0184. The van der Waals surface area contributed by atoms with Gasteiger partial charge in [-0.2, -0.15) is 0 Å². The molecule has 0 radical (unpaired) electrons. The number of aromatic nitrogens is 1. The van der Waals surface area contributed by atoms with Crippen molar-refractivity contribution >= 4 is 44.1 Å². The summed E-state index contributed by atoms with van der Waals surface area (Å²) in [4.78, 5) is 33.2. The monoisotopic (exact) mass is 542 g/mol. The Morgan fingerprint density at radius 1 is 0.974 bits per heavy atom. The first kappa shape index (κ1) is 26.4. The fraction of sp³-hybridized carbons (Fsp3) is 0.258. The van der Waals surface area contributed by atoms with Gasteiger partial charge in [0.15, 0.2) is 5.13 Å². The molecular formula is C31H30N2O5S. The first-order valence-corrected chi connectivity index (χ1v) is 13.4. The largest absolute Gasteiger partial charge is 0.507 e. The summed E-state index contributed by atoms with van der Waals surface area (Å²) in [6.45, 7) is 8.22. The van der Waals surface area contributed by atoms with E-state index in [-0.39, 0.29) is 16.7 Å². The van der Waals surface area contributed by atoms with Crippen LogP contribution in [0.1, 0.15) is 49.1 Å². The van der Waals surface area contributed by atoms with E-state index in [1.807, 2.05) is 43.3 Å². The van der Waals surface area contributed by atoms with Crippen molar-refractivity contribution in [3.63, 3.8) is 0 Å². The van der Waals surface area contributed by atoms with Crippen LogP contribution in [0.15, 0.2) is 66.2 Å². The first-order chi connectivity index (χ1) is 18.5. The van der Waals surface area contributed by atoms with Crippen LogP contribution in [0.2, 0.25) is 0 Å². The van der Waals surface area contributed by atoms with Gasteiger partial charge >= 0.3 is 5.91 Å². The molecule has 0 bridgehead atoms. The zero-order chi connectivity index (χ0) is 28.1. The van der Waals surface area contributed by atoms with Crippen LogP contribution in [0.5, 0.6) is 11.5 Å². The number of nitrogens with zero attached hydrogens (tertiary/aromatic N) is 2. The molecule has 5 rings (SSSR count). The summed E-state index contributed by atoms with van der Waals surface area (Å²) in [6.07, 6.45) is 0. The van der Waals surface area contributed by atoms with Crippen LogP contribution in [-0.2, 0) is 15.0 Å². The van der Waals surface area contributed by atoms with Crippen LogP contribution in [-0.4, -0.2) is 36.0 Å². The van der Waals surface area contributed by atoms with Crippen molar-refractivity contribution in [1.82, 2.24) is 4.98 Å². The van der Waals surface area contributed by atoms with Crippen molar-refractivity contribution in [2.45, 2.75) is 39.2 Å². The van der Waals surface area contributed by atoms with Crippen molar-refractivity contribution in [1.29, 1.82) is 0 Å². The molecule has 1 fully saturated rings. The van der Waals surface area contributed by atoms with Gasteiger partial charge in [0.1, 0.15) is 17.3 Å². The maximum Gasteiger partial charge on any atom is 0.301 e. The molecule has 0 spiro atoms. The summed E-state index contributed by atoms with van der Waals surface area (Å²) in [6, 6.07) is 17.6. The van der Waals surface area contributed by atoms with E-state index >= 15 is 0 Å². The lowest BCUT2D eigenvalue weighted by molar-refractivity contribution is -0.132. The number of aliphatic hydroxyl groups is 1. The van der Waals surface area contributed by atoms with E-state index in [1.165, 1.54) is 16.2 Å². The molecule has 1 aliphatic rings. The van der Waals surface area contributed by atoms with Crippen molar-refractivity contribution in [2.75, 3.05) is 19.1 Å². The van der Waals surface area contributed by atoms with Crippen LogP contribution in [0, 0.1) is 6.92 Å². The Morgan fingerprint density at radius 2 is 1.69 bits per heavy atom. The molecule has 0 aliphatic carbocycles. The number of aliphatic hydroxyl groups excluding tert-OH is 1. The van der Waals surface area contributed by atoms with Crippen molar-refractivity contribution < 1.29 is 24.2 Å². The molecule has 1 atom stereocenters. The summed E-state index contributed by atoms with van der Waals surface area (Å²) in [5.41, 5.74) is 3.66. The van der Waals surface area contributed by atoms with Gasteiger partial charge in [0.25, 0.3) is 5.78 Å². The van der Waals surface area contributed by atoms with Crippen LogP contribution in [0.4, 0.5) is 5.13 Å². The van der Waals surface area contributed by atoms with E-state index in [9.17, 15) is 14.7 Å². The van der Waals surface area contributed by atoms with Gasteiger partial charge in [-0.25, -0.2) is 4.98 Å². The molecule has 200 valence electrons. The average molecular weight is 543 g/mol. The van der Waals surface area contributed by atoms with Crippen molar-refractivity contribution in [2.24, 2.45) is 0 Å². The summed E-state index contributed by atoms with van der Waals surface area (Å²) < 4.78 is 11.5. The van der Waals surface area contributed by atoms with Gasteiger partial charge in [0.05, 0.1) is 36.1 Å². The Hall–Kier alpha value is -4.17. The summed E-state index contributed by atoms with van der Waals surface area (Å²) in [5, 5.41) is 11.9. The number of anilines is 1. The number of hydrogen-bond acceptors (Lipinski definition) is 7. The van der Waals surface area contributed by atoms with Crippen LogP contribution < -0.4 is 14.4 Å². The van der Waals surface area contributed by atoms with Crippen LogP contribution >= 0.6 is 11.3 Å². The summed E-state index contributed by atoms with van der Waals surface area (Å²) in [5.74, 6) is -0.412. The third-order valence-electron chi connectivity index (χ3n) is 7.00.